The number of nitrogens with zero attached hydrogens (tertiary/aromatic N) is 2. The average molecular weight is 319 g/mol. The van der Waals surface area contributed by atoms with Gasteiger partial charge in [-0.1, -0.05) is 42.2 Å². The van der Waals surface area contributed by atoms with Gasteiger partial charge in [-0.3, -0.25) is 10.1 Å². The summed E-state index contributed by atoms with van der Waals surface area (Å²) >= 11 is 1.37. The van der Waals surface area contributed by atoms with E-state index in [1.54, 1.807) is 6.08 Å². The second kappa shape index (κ2) is 7.47. The minimum absolute atomic E-state index is 0.0573. The van der Waals surface area contributed by atoms with E-state index in [0.29, 0.717) is 31.2 Å². The molecule has 2 heterocycles. The summed E-state index contributed by atoms with van der Waals surface area (Å²) < 4.78 is 5.45. The SMILES string of the molecule is C=C/C=C(\C=C/C)C1(C(=O)Nc2nnc(C)s2)CCOCC1. The van der Waals surface area contributed by atoms with Crippen molar-refractivity contribution < 1.29 is 9.53 Å². The molecule has 0 aliphatic carbocycles. The molecule has 0 radical (unpaired) electrons. The third kappa shape index (κ3) is 3.51. The van der Waals surface area contributed by atoms with Crippen LogP contribution in [-0.4, -0.2) is 29.3 Å². The first-order chi connectivity index (χ1) is 10.6. The van der Waals surface area contributed by atoms with Crippen molar-refractivity contribution in [3.8, 4) is 0 Å². The Morgan fingerprint density at radius 3 is 2.68 bits per heavy atom. The third-order valence-electron chi connectivity index (χ3n) is 3.72. The van der Waals surface area contributed by atoms with Gasteiger partial charge in [-0.25, -0.2) is 0 Å². The van der Waals surface area contributed by atoms with Crippen molar-refractivity contribution in [2.24, 2.45) is 5.41 Å². The van der Waals surface area contributed by atoms with E-state index in [2.05, 4.69) is 22.1 Å². The molecule has 1 aromatic rings. The largest absolute Gasteiger partial charge is 0.381 e. The zero-order valence-corrected chi connectivity index (χ0v) is 13.8. The maximum Gasteiger partial charge on any atom is 0.237 e. The van der Waals surface area contributed by atoms with Crippen LogP contribution in [0.25, 0.3) is 0 Å². The molecule has 0 spiro atoms. The van der Waals surface area contributed by atoms with E-state index in [0.717, 1.165) is 10.6 Å². The van der Waals surface area contributed by atoms with Gasteiger partial charge in [0.05, 0.1) is 5.41 Å². The summed E-state index contributed by atoms with van der Waals surface area (Å²) in [5, 5.41) is 12.2. The predicted molar refractivity (Wildman–Crippen MR) is 88.9 cm³/mol. The van der Waals surface area contributed by atoms with E-state index in [4.69, 9.17) is 4.74 Å². The van der Waals surface area contributed by atoms with Gasteiger partial charge in [0.1, 0.15) is 5.01 Å². The van der Waals surface area contributed by atoms with Crippen molar-refractivity contribution >= 4 is 22.4 Å². The number of ether oxygens (including phenoxy) is 1. The molecule has 1 aliphatic rings. The number of nitrogens with one attached hydrogen (secondary N) is 1. The highest BCUT2D eigenvalue weighted by molar-refractivity contribution is 7.15. The highest BCUT2D eigenvalue weighted by Crippen LogP contribution is 2.40. The van der Waals surface area contributed by atoms with Crippen molar-refractivity contribution in [2.75, 3.05) is 18.5 Å². The minimum Gasteiger partial charge on any atom is -0.381 e. The summed E-state index contributed by atoms with van der Waals surface area (Å²) in [6, 6.07) is 0. The van der Waals surface area contributed by atoms with Gasteiger partial charge in [0, 0.05) is 13.2 Å². The summed E-state index contributed by atoms with van der Waals surface area (Å²) in [6.45, 7) is 8.69. The van der Waals surface area contributed by atoms with Crippen molar-refractivity contribution in [3.05, 3.63) is 41.5 Å². The number of amides is 1. The molecule has 0 saturated carbocycles. The Balaban J connectivity index is 2.33. The third-order valence-corrected chi connectivity index (χ3v) is 4.48. The van der Waals surface area contributed by atoms with Crippen LogP contribution in [0.3, 0.4) is 0 Å². The van der Waals surface area contributed by atoms with Gasteiger partial charge in [0.2, 0.25) is 11.0 Å². The van der Waals surface area contributed by atoms with Crippen molar-refractivity contribution in [1.29, 1.82) is 0 Å². The van der Waals surface area contributed by atoms with Crippen LogP contribution in [0.2, 0.25) is 0 Å². The molecule has 1 saturated heterocycles. The van der Waals surface area contributed by atoms with E-state index in [-0.39, 0.29) is 5.91 Å². The van der Waals surface area contributed by atoms with Crippen molar-refractivity contribution in [2.45, 2.75) is 26.7 Å². The zero-order valence-electron chi connectivity index (χ0n) is 13.0. The molecule has 1 N–H and O–H groups in total. The molecule has 118 valence electrons. The second-order valence-corrected chi connectivity index (χ2v) is 6.31. The Kier molecular flexibility index (Phi) is 5.63. The molecular formula is C16H21N3O2S. The van der Waals surface area contributed by atoms with Crippen LogP contribution in [0.4, 0.5) is 5.13 Å². The lowest BCUT2D eigenvalue weighted by molar-refractivity contribution is -0.128. The van der Waals surface area contributed by atoms with E-state index in [9.17, 15) is 4.79 Å². The number of anilines is 1. The highest BCUT2D eigenvalue weighted by Gasteiger charge is 2.42. The smallest absolute Gasteiger partial charge is 0.237 e. The second-order valence-electron chi connectivity index (χ2n) is 5.13. The standard InChI is InChI=1S/C16H21N3O2S/c1-4-6-13(7-5-2)16(8-10-21-11-9-16)14(20)17-15-19-18-12(3)22-15/h4-7H,1,8-11H2,2-3H3,(H,17,19,20)/b7-5-,13-6+. The molecule has 0 bridgehead atoms. The number of aromatic nitrogens is 2. The van der Waals surface area contributed by atoms with E-state index in [1.807, 2.05) is 32.1 Å². The van der Waals surface area contributed by atoms with Crippen LogP contribution in [0.5, 0.6) is 0 Å². The first-order valence-electron chi connectivity index (χ1n) is 7.27. The molecule has 1 fully saturated rings. The average Bonchev–Trinajstić information content (AvgIpc) is 2.93. The lowest BCUT2D eigenvalue weighted by Crippen LogP contribution is -2.42. The van der Waals surface area contributed by atoms with Crippen LogP contribution in [-0.2, 0) is 9.53 Å². The number of hydrogen-bond acceptors (Lipinski definition) is 5. The van der Waals surface area contributed by atoms with Crippen LogP contribution < -0.4 is 5.32 Å². The maximum atomic E-state index is 13.0. The molecular weight excluding hydrogens is 298 g/mol. The normalized spacial score (nSPS) is 18.4. The van der Waals surface area contributed by atoms with Crippen LogP contribution >= 0.6 is 11.3 Å². The van der Waals surface area contributed by atoms with Gasteiger partial charge in [0.25, 0.3) is 0 Å². The fourth-order valence-corrected chi connectivity index (χ4v) is 3.20. The monoisotopic (exact) mass is 319 g/mol. The van der Waals surface area contributed by atoms with Crippen LogP contribution in [0.15, 0.2) is 36.5 Å². The zero-order chi connectivity index (χ0) is 16.0. The van der Waals surface area contributed by atoms with Crippen molar-refractivity contribution in [3.63, 3.8) is 0 Å². The summed E-state index contributed by atoms with van der Waals surface area (Å²) in [6.07, 6.45) is 8.80. The Bertz CT molecular complexity index is 598. The summed E-state index contributed by atoms with van der Waals surface area (Å²) in [7, 11) is 0. The van der Waals surface area contributed by atoms with Crippen LogP contribution in [0, 0.1) is 12.3 Å². The number of allylic oxidation sites excluding steroid dienone is 4. The molecule has 1 aliphatic heterocycles. The quantitative estimate of drug-likeness (QED) is 0.846. The Morgan fingerprint density at radius 1 is 1.41 bits per heavy atom. The van der Waals surface area contributed by atoms with Gasteiger partial charge in [-0.2, -0.15) is 0 Å². The lowest BCUT2D eigenvalue weighted by atomic mass is 9.72. The fourth-order valence-electron chi connectivity index (χ4n) is 2.61. The number of rotatable bonds is 5. The van der Waals surface area contributed by atoms with Crippen LogP contribution in [0.1, 0.15) is 24.8 Å². The van der Waals surface area contributed by atoms with E-state index in [1.165, 1.54) is 11.3 Å². The number of carbonyl (C=O) groups is 1. The first kappa shape index (κ1) is 16.6. The Labute approximate surface area is 134 Å². The molecule has 2 rings (SSSR count). The highest BCUT2D eigenvalue weighted by atomic mass is 32.1. The number of carbonyl (C=O) groups excluding carboxylic acids is 1. The molecule has 1 amide bonds. The molecule has 1 aromatic heterocycles. The topological polar surface area (TPSA) is 64.1 Å². The summed E-state index contributed by atoms with van der Waals surface area (Å²) in [5.41, 5.74) is 0.338. The molecule has 6 heteroatoms. The van der Waals surface area contributed by atoms with Gasteiger partial charge >= 0.3 is 0 Å². The van der Waals surface area contributed by atoms with E-state index < -0.39 is 5.41 Å². The first-order valence-corrected chi connectivity index (χ1v) is 8.09. The Hall–Kier alpha value is -1.79. The van der Waals surface area contributed by atoms with Gasteiger partial charge < -0.3 is 4.74 Å². The number of aryl methyl sites for hydroxylation is 1. The fraction of sp³-hybridized carbons (Fsp3) is 0.438. The maximum absolute atomic E-state index is 13.0. The molecule has 0 atom stereocenters. The van der Waals surface area contributed by atoms with Gasteiger partial charge in [-0.05, 0) is 32.3 Å². The van der Waals surface area contributed by atoms with Crippen molar-refractivity contribution in [1.82, 2.24) is 10.2 Å². The molecule has 0 aromatic carbocycles. The van der Waals surface area contributed by atoms with Gasteiger partial charge in [-0.15, -0.1) is 10.2 Å². The van der Waals surface area contributed by atoms with Gasteiger partial charge in [0.15, 0.2) is 0 Å². The molecule has 0 unspecified atom stereocenters. The predicted octanol–water partition coefficient (Wildman–Crippen LogP) is 3.27. The van der Waals surface area contributed by atoms with E-state index >= 15 is 0 Å². The molecule has 5 nitrogen and oxygen atoms in total. The minimum atomic E-state index is -0.613. The summed E-state index contributed by atoms with van der Waals surface area (Å²) in [4.78, 5) is 13.0. The Morgan fingerprint density at radius 2 is 2.14 bits per heavy atom. The lowest BCUT2D eigenvalue weighted by Gasteiger charge is -2.36. The summed E-state index contributed by atoms with van der Waals surface area (Å²) in [5.74, 6) is -0.0573. The number of hydrogen-bond donors (Lipinski definition) is 1. The molecule has 22 heavy (non-hydrogen) atoms.